The lowest BCUT2D eigenvalue weighted by atomic mass is 10.1. The van der Waals surface area contributed by atoms with Gasteiger partial charge in [-0.2, -0.15) is 0 Å². The summed E-state index contributed by atoms with van der Waals surface area (Å²) in [6.07, 6.45) is 3.62. The Morgan fingerprint density at radius 2 is 1.92 bits per heavy atom. The van der Waals surface area contributed by atoms with E-state index in [1.807, 2.05) is 18.3 Å². The van der Waals surface area contributed by atoms with Crippen molar-refractivity contribution in [1.82, 2.24) is 20.1 Å². The number of thiazole rings is 1. The fourth-order valence-corrected chi connectivity index (χ4v) is 3.48. The predicted molar refractivity (Wildman–Crippen MR) is 94.9 cm³/mol. The largest absolute Gasteiger partial charge is 0.424 e. The van der Waals surface area contributed by atoms with E-state index in [-0.39, 0.29) is 0 Å². The Bertz CT molecular complexity index is 796. The molecule has 3 rings (SSSR count). The maximum absolute atomic E-state index is 5.80. The van der Waals surface area contributed by atoms with Gasteiger partial charge in [-0.05, 0) is 31.5 Å². The van der Waals surface area contributed by atoms with E-state index in [4.69, 9.17) is 4.42 Å². The zero-order valence-corrected chi connectivity index (χ0v) is 15.1. The molecular formula is C18H22N4OS. The molecule has 2 aromatic heterocycles. The molecule has 0 bridgehead atoms. The maximum atomic E-state index is 5.80. The number of aryl methyl sites for hydroxylation is 2. The first-order chi connectivity index (χ1) is 11.6. The fourth-order valence-electron chi connectivity index (χ4n) is 2.53. The zero-order valence-electron chi connectivity index (χ0n) is 14.3. The van der Waals surface area contributed by atoms with Crippen LogP contribution in [0.1, 0.15) is 39.7 Å². The molecule has 0 aliphatic carbocycles. The minimum Gasteiger partial charge on any atom is -0.424 e. The van der Waals surface area contributed by atoms with Crippen LogP contribution >= 0.6 is 11.3 Å². The van der Waals surface area contributed by atoms with E-state index in [9.17, 15) is 0 Å². The van der Waals surface area contributed by atoms with Crippen molar-refractivity contribution in [3.05, 3.63) is 63.3 Å². The van der Waals surface area contributed by atoms with Crippen molar-refractivity contribution in [2.75, 3.05) is 7.05 Å². The van der Waals surface area contributed by atoms with Crippen LogP contribution in [0.3, 0.4) is 0 Å². The van der Waals surface area contributed by atoms with E-state index in [1.54, 1.807) is 11.3 Å². The van der Waals surface area contributed by atoms with Crippen LogP contribution < -0.4 is 0 Å². The lowest BCUT2D eigenvalue weighted by Crippen LogP contribution is -2.16. The lowest BCUT2D eigenvalue weighted by molar-refractivity contribution is 0.280. The Morgan fingerprint density at radius 1 is 1.12 bits per heavy atom. The molecule has 0 atom stereocenters. The first kappa shape index (κ1) is 16.8. The van der Waals surface area contributed by atoms with Crippen molar-refractivity contribution in [2.24, 2.45) is 0 Å². The number of hydrogen-bond donors (Lipinski definition) is 0. The molecule has 0 saturated heterocycles. The third-order valence-corrected chi connectivity index (χ3v) is 4.97. The van der Waals surface area contributed by atoms with Gasteiger partial charge < -0.3 is 4.42 Å². The first-order valence-corrected chi connectivity index (χ1v) is 8.93. The van der Waals surface area contributed by atoms with Crippen LogP contribution in [0, 0.1) is 6.92 Å². The molecular weight excluding hydrogens is 320 g/mol. The topological polar surface area (TPSA) is 55.1 Å². The standard InChI is InChI=1S/C18H22N4OS/c1-4-18-19-10-15(24-18)11-22(3)12-17-21-20-16(23-17)9-14-8-6-5-7-13(14)2/h5-8,10H,4,9,11-12H2,1-3H3. The third-order valence-electron chi connectivity index (χ3n) is 3.85. The van der Waals surface area contributed by atoms with Crippen LogP contribution in [0.15, 0.2) is 34.9 Å². The van der Waals surface area contributed by atoms with Crippen LogP contribution in [-0.4, -0.2) is 27.1 Å². The van der Waals surface area contributed by atoms with Crippen LogP contribution in [0.4, 0.5) is 0 Å². The number of aromatic nitrogens is 3. The number of hydrogen-bond acceptors (Lipinski definition) is 6. The van der Waals surface area contributed by atoms with Gasteiger partial charge in [0, 0.05) is 17.6 Å². The van der Waals surface area contributed by atoms with E-state index < -0.39 is 0 Å². The van der Waals surface area contributed by atoms with Crippen LogP contribution in [0.25, 0.3) is 0 Å². The fraction of sp³-hybridized carbons (Fsp3) is 0.389. The Labute approximate surface area is 146 Å². The molecule has 0 aliphatic heterocycles. The summed E-state index contributed by atoms with van der Waals surface area (Å²) < 4.78 is 5.80. The minimum atomic E-state index is 0.639. The average Bonchev–Trinajstić information content (AvgIpc) is 3.19. The van der Waals surface area contributed by atoms with Gasteiger partial charge in [-0.25, -0.2) is 4.98 Å². The molecule has 3 aromatic rings. The molecule has 2 heterocycles. The average molecular weight is 342 g/mol. The summed E-state index contributed by atoms with van der Waals surface area (Å²) in [4.78, 5) is 7.82. The van der Waals surface area contributed by atoms with E-state index in [0.29, 0.717) is 24.7 Å². The van der Waals surface area contributed by atoms with Gasteiger partial charge in [-0.1, -0.05) is 31.2 Å². The van der Waals surface area contributed by atoms with E-state index in [0.717, 1.165) is 13.0 Å². The van der Waals surface area contributed by atoms with Gasteiger partial charge in [0.1, 0.15) is 0 Å². The van der Waals surface area contributed by atoms with E-state index in [1.165, 1.54) is 21.0 Å². The molecule has 0 fully saturated rings. The second-order valence-corrected chi connectivity index (χ2v) is 7.14. The summed E-state index contributed by atoms with van der Waals surface area (Å²) in [7, 11) is 2.05. The summed E-state index contributed by atoms with van der Waals surface area (Å²) in [6.45, 7) is 5.70. The highest BCUT2D eigenvalue weighted by Gasteiger charge is 2.11. The minimum absolute atomic E-state index is 0.639. The quantitative estimate of drug-likeness (QED) is 0.656. The predicted octanol–water partition coefficient (Wildman–Crippen LogP) is 3.62. The third kappa shape index (κ3) is 4.27. The molecule has 0 spiro atoms. The monoisotopic (exact) mass is 342 g/mol. The maximum Gasteiger partial charge on any atom is 0.230 e. The van der Waals surface area contributed by atoms with Gasteiger partial charge in [0.25, 0.3) is 0 Å². The second-order valence-electron chi connectivity index (χ2n) is 5.94. The summed E-state index contributed by atoms with van der Waals surface area (Å²) in [6, 6.07) is 8.27. The lowest BCUT2D eigenvalue weighted by Gasteiger charge is -2.12. The van der Waals surface area contributed by atoms with E-state index >= 15 is 0 Å². The summed E-state index contributed by atoms with van der Waals surface area (Å²) in [5, 5.41) is 9.53. The summed E-state index contributed by atoms with van der Waals surface area (Å²) in [5.41, 5.74) is 2.46. The summed E-state index contributed by atoms with van der Waals surface area (Å²) >= 11 is 1.76. The SMILES string of the molecule is CCc1ncc(CN(C)Cc2nnc(Cc3ccccc3C)o2)s1. The molecule has 0 N–H and O–H groups in total. The van der Waals surface area contributed by atoms with Crippen molar-refractivity contribution >= 4 is 11.3 Å². The molecule has 0 unspecified atom stereocenters. The molecule has 0 saturated carbocycles. The molecule has 126 valence electrons. The number of nitrogens with zero attached hydrogens (tertiary/aromatic N) is 4. The molecule has 0 amide bonds. The first-order valence-electron chi connectivity index (χ1n) is 8.12. The van der Waals surface area contributed by atoms with Crippen molar-refractivity contribution in [2.45, 2.75) is 39.8 Å². The van der Waals surface area contributed by atoms with E-state index in [2.05, 4.69) is 53.1 Å². The van der Waals surface area contributed by atoms with Gasteiger partial charge in [0.15, 0.2) is 0 Å². The van der Waals surface area contributed by atoms with Crippen LogP contribution in [-0.2, 0) is 25.9 Å². The van der Waals surface area contributed by atoms with Gasteiger partial charge >= 0.3 is 0 Å². The number of rotatable bonds is 7. The number of benzene rings is 1. The molecule has 1 aromatic carbocycles. The molecule has 0 aliphatic rings. The second kappa shape index (κ2) is 7.68. The molecule has 6 heteroatoms. The van der Waals surface area contributed by atoms with Crippen molar-refractivity contribution in [1.29, 1.82) is 0 Å². The van der Waals surface area contributed by atoms with Gasteiger partial charge in [0.2, 0.25) is 11.8 Å². The zero-order chi connectivity index (χ0) is 16.9. The Balaban J connectivity index is 1.58. The van der Waals surface area contributed by atoms with Gasteiger partial charge in [-0.3, -0.25) is 4.90 Å². The Hall–Kier alpha value is -2.05. The molecule has 5 nitrogen and oxygen atoms in total. The highest BCUT2D eigenvalue weighted by atomic mass is 32.1. The van der Waals surface area contributed by atoms with Crippen molar-refractivity contribution in [3.63, 3.8) is 0 Å². The van der Waals surface area contributed by atoms with Crippen LogP contribution in [0.2, 0.25) is 0 Å². The smallest absolute Gasteiger partial charge is 0.230 e. The van der Waals surface area contributed by atoms with Crippen molar-refractivity contribution < 1.29 is 4.42 Å². The van der Waals surface area contributed by atoms with Crippen molar-refractivity contribution in [3.8, 4) is 0 Å². The Kier molecular flexibility index (Phi) is 5.37. The highest BCUT2D eigenvalue weighted by Crippen LogP contribution is 2.17. The van der Waals surface area contributed by atoms with Gasteiger partial charge in [0.05, 0.1) is 18.0 Å². The highest BCUT2D eigenvalue weighted by molar-refractivity contribution is 7.11. The summed E-state index contributed by atoms with van der Waals surface area (Å²) in [5.74, 6) is 1.32. The normalized spacial score (nSPS) is 11.3. The Morgan fingerprint density at radius 3 is 2.67 bits per heavy atom. The molecule has 24 heavy (non-hydrogen) atoms. The van der Waals surface area contributed by atoms with Crippen LogP contribution in [0.5, 0.6) is 0 Å². The molecule has 0 radical (unpaired) electrons. The van der Waals surface area contributed by atoms with Gasteiger partial charge in [-0.15, -0.1) is 21.5 Å².